The second kappa shape index (κ2) is 14.1. The maximum atomic E-state index is 10.3. The summed E-state index contributed by atoms with van der Waals surface area (Å²) in [7, 11) is 0. The van der Waals surface area contributed by atoms with Crippen LogP contribution in [-0.2, 0) is 30.7 Å². The summed E-state index contributed by atoms with van der Waals surface area (Å²) < 4.78 is 0. The second-order valence-corrected chi connectivity index (χ2v) is 6.34. The van der Waals surface area contributed by atoms with Gasteiger partial charge in [-0.3, -0.25) is 4.79 Å². The van der Waals surface area contributed by atoms with Gasteiger partial charge in [-0.05, 0) is 31.6 Å². The van der Waals surface area contributed by atoms with E-state index in [-0.39, 0.29) is 21.1 Å². The Hall–Kier alpha value is -1.97. The second-order valence-electron chi connectivity index (χ2n) is 6.34. The number of para-hydroxylation sites is 1. The van der Waals surface area contributed by atoms with E-state index in [2.05, 4.69) is 16.6 Å². The van der Waals surface area contributed by atoms with Crippen molar-refractivity contribution in [3.05, 3.63) is 61.0 Å². The summed E-state index contributed by atoms with van der Waals surface area (Å²) in [6.07, 6.45) is 7.41. The third-order valence-electron chi connectivity index (χ3n) is 4.36. The Labute approximate surface area is 181 Å². The van der Waals surface area contributed by atoms with Crippen molar-refractivity contribution in [2.45, 2.75) is 25.7 Å². The molecule has 148 valence electrons. The zero-order valence-corrected chi connectivity index (χ0v) is 18.8. The summed E-state index contributed by atoms with van der Waals surface area (Å²) in [6.45, 7) is 3.17. The number of nitrogens with one attached hydrogen (secondary N) is 1. The molecule has 0 bridgehead atoms. The normalized spacial score (nSPS) is 13.4. The molecule has 2 N–H and O–H groups in total. The van der Waals surface area contributed by atoms with E-state index < -0.39 is 5.97 Å². The fourth-order valence-corrected chi connectivity index (χ4v) is 3.00. The van der Waals surface area contributed by atoms with Crippen molar-refractivity contribution in [3.63, 3.8) is 0 Å². The Bertz CT molecular complexity index is 704. The average molecular weight is 550 g/mol. The molecule has 3 rings (SSSR count). The summed E-state index contributed by atoms with van der Waals surface area (Å²) in [5.41, 5.74) is 2.86. The van der Waals surface area contributed by atoms with Gasteiger partial charge in [0.2, 0.25) is 0 Å². The zero-order valence-electron chi connectivity index (χ0n) is 15.8. The molecular formula is C22H26N2O3W. The molecule has 0 aromatic heterocycles. The van der Waals surface area contributed by atoms with Gasteiger partial charge in [-0.1, -0.05) is 54.1 Å². The molecule has 0 radical (unpaired) electrons. The van der Waals surface area contributed by atoms with Gasteiger partial charge in [-0.2, -0.15) is 12.8 Å². The summed E-state index contributed by atoms with van der Waals surface area (Å²) in [5.74, 6) is -0.682. The number of benzene rings is 2. The third kappa shape index (κ3) is 8.81. The minimum Gasteiger partial charge on any atom is -0.490 e. The first kappa shape index (κ1) is 24.1. The van der Waals surface area contributed by atoms with Crippen LogP contribution in [0.5, 0.6) is 0 Å². The van der Waals surface area contributed by atoms with Gasteiger partial charge >= 0.3 is 27.0 Å². The summed E-state index contributed by atoms with van der Waals surface area (Å²) >= 11 is 0. The maximum absolute atomic E-state index is 10.3. The van der Waals surface area contributed by atoms with Crippen molar-refractivity contribution in [1.82, 2.24) is 4.90 Å². The van der Waals surface area contributed by atoms with Crippen LogP contribution in [0.15, 0.2) is 54.6 Å². The summed E-state index contributed by atoms with van der Waals surface area (Å²) in [6, 6.07) is 17.6. The predicted octanol–water partition coefficient (Wildman–Crippen LogP) is 3.98. The standard InChI is InChI=1S/C13H10NO.C9H16NO2.W/c15-10-14-13-9-5-4-8-12(13)11-6-2-1-3-7-11;11-9(12)5-4-8-10-6-2-1-3-7-10;/h1-9H,(H,14,15);1H,2-8H2,(H,11,12);/q2*-1;+2. The third-order valence-corrected chi connectivity index (χ3v) is 4.36. The van der Waals surface area contributed by atoms with Crippen molar-refractivity contribution in [3.8, 4) is 11.1 Å². The Balaban J connectivity index is 0.000000277. The van der Waals surface area contributed by atoms with Crippen LogP contribution >= 0.6 is 0 Å². The van der Waals surface area contributed by atoms with Gasteiger partial charge in [0.05, 0.1) is 6.41 Å². The number of anilines is 1. The van der Waals surface area contributed by atoms with Crippen LogP contribution in [0, 0.1) is 6.42 Å². The molecule has 0 saturated carbocycles. The molecule has 0 atom stereocenters. The van der Waals surface area contributed by atoms with E-state index in [1.165, 1.54) is 0 Å². The number of hydrogen-bond donors (Lipinski definition) is 2. The number of amides is 1. The number of carboxylic acid groups (broad SMARTS) is 1. The fourth-order valence-electron chi connectivity index (χ4n) is 3.00. The van der Waals surface area contributed by atoms with E-state index in [0.717, 1.165) is 55.7 Å². The summed E-state index contributed by atoms with van der Waals surface area (Å²) in [5, 5.41) is 11.0. The van der Waals surface area contributed by atoms with Crippen molar-refractivity contribution >= 4 is 18.1 Å². The van der Waals surface area contributed by atoms with Gasteiger partial charge in [0.1, 0.15) is 0 Å². The van der Waals surface area contributed by atoms with Gasteiger partial charge in [0, 0.05) is 6.42 Å². The van der Waals surface area contributed by atoms with Crippen LogP contribution in [0.4, 0.5) is 5.69 Å². The molecular weight excluding hydrogens is 524 g/mol. The first-order valence-electron chi connectivity index (χ1n) is 9.24. The Morgan fingerprint density at radius 1 is 1.07 bits per heavy atom. The van der Waals surface area contributed by atoms with E-state index in [9.17, 15) is 9.59 Å². The van der Waals surface area contributed by atoms with Crippen molar-refractivity contribution in [2.24, 2.45) is 0 Å². The number of carboxylic acids is 1. The fraction of sp³-hybridized carbons (Fsp3) is 0.318. The monoisotopic (exact) mass is 550 g/mol. The number of hydrogen-bond acceptors (Lipinski definition) is 3. The first-order chi connectivity index (χ1) is 13.2. The molecule has 1 aliphatic rings. The van der Waals surface area contributed by atoms with Crippen LogP contribution in [0.3, 0.4) is 0 Å². The van der Waals surface area contributed by atoms with E-state index >= 15 is 0 Å². The molecule has 0 aliphatic carbocycles. The largest absolute Gasteiger partial charge is 2.00 e. The van der Waals surface area contributed by atoms with Crippen LogP contribution in [0.25, 0.3) is 11.1 Å². The molecule has 1 amide bonds. The SMILES string of the molecule is O=C(O)CCCN1CC[CH-]CC1.O=[C-]Nc1ccccc1-c1ccccc1.[W+2]. The number of aliphatic carboxylic acids is 1. The number of nitrogens with zero attached hydrogens (tertiary/aromatic N) is 1. The topological polar surface area (TPSA) is 69.6 Å². The van der Waals surface area contributed by atoms with E-state index in [1.807, 2.05) is 54.6 Å². The van der Waals surface area contributed by atoms with E-state index in [0.29, 0.717) is 6.42 Å². The van der Waals surface area contributed by atoms with Crippen molar-refractivity contribution < 1.29 is 35.8 Å². The average Bonchev–Trinajstić information content (AvgIpc) is 2.70. The number of rotatable bonds is 7. The minimum absolute atomic E-state index is 0. The molecule has 0 unspecified atom stereocenters. The quantitative estimate of drug-likeness (QED) is 0.405. The number of likely N-dealkylation sites (tertiary alicyclic amines) is 1. The Morgan fingerprint density at radius 3 is 2.36 bits per heavy atom. The Morgan fingerprint density at radius 2 is 1.71 bits per heavy atom. The smallest absolute Gasteiger partial charge is 0.490 e. The maximum Gasteiger partial charge on any atom is 2.00 e. The first-order valence-corrected chi connectivity index (χ1v) is 9.24. The number of carbonyl (C=O) groups is 1. The molecule has 1 saturated heterocycles. The molecule has 6 heteroatoms. The molecule has 2 aromatic rings. The van der Waals surface area contributed by atoms with Gasteiger partial charge in [-0.25, -0.2) is 0 Å². The molecule has 2 aromatic carbocycles. The number of piperidine rings is 1. The van der Waals surface area contributed by atoms with Crippen molar-refractivity contribution in [1.29, 1.82) is 0 Å². The molecule has 1 aliphatic heterocycles. The van der Waals surface area contributed by atoms with Gasteiger partial charge in [0.25, 0.3) is 0 Å². The molecule has 5 nitrogen and oxygen atoms in total. The van der Waals surface area contributed by atoms with Crippen LogP contribution in [0.2, 0.25) is 0 Å². The molecule has 1 fully saturated rings. The van der Waals surface area contributed by atoms with Gasteiger partial charge in [-0.15, -0.1) is 11.8 Å². The van der Waals surface area contributed by atoms with E-state index in [4.69, 9.17) is 5.11 Å². The molecule has 28 heavy (non-hydrogen) atoms. The van der Waals surface area contributed by atoms with Crippen LogP contribution < -0.4 is 5.32 Å². The molecule has 0 spiro atoms. The van der Waals surface area contributed by atoms with E-state index in [1.54, 1.807) is 6.41 Å². The zero-order chi connectivity index (χ0) is 19.3. The Kier molecular flexibility index (Phi) is 12.1. The van der Waals surface area contributed by atoms with Crippen LogP contribution in [0.1, 0.15) is 25.7 Å². The van der Waals surface area contributed by atoms with Crippen LogP contribution in [-0.4, -0.2) is 42.0 Å². The molecule has 1 heterocycles. The van der Waals surface area contributed by atoms with Gasteiger partial charge in [0.15, 0.2) is 0 Å². The number of carbonyl (C=O) groups excluding carboxylic acids is 1. The van der Waals surface area contributed by atoms with Crippen molar-refractivity contribution in [2.75, 3.05) is 25.0 Å². The van der Waals surface area contributed by atoms with Gasteiger partial charge < -0.3 is 26.5 Å². The minimum atomic E-state index is -0.682. The summed E-state index contributed by atoms with van der Waals surface area (Å²) in [4.78, 5) is 22.9. The predicted molar refractivity (Wildman–Crippen MR) is 108 cm³/mol.